The van der Waals surface area contributed by atoms with E-state index in [-0.39, 0.29) is 61.0 Å². The average molecular weight is 1060 g/mol. The van der Waals surface area contributed by atoms with Crippen LogP contribution in [0.1, 0.15) is 103 Å². The normalized spacial score (nSPS) is 11.1. The molecular weight excluding hydrogens is 987 g/mol. The van der Waals surface area contributed by atoms with Crippen LogP contribution in [-0.4, -0.2) is 102 Å². The van der Waals surface area contributed by atoms with Gasteiger partial charge in [-0.1, -0.05) is 53.9 Å². The van der Waals surface area contributed by atoms with E-state index in [1.54, 1.807) is 105 Å². The molecule has 0 fully saturated rings. The number of amides is 1. The molecule has 0 saturated carbocycles. The summed E-state index contributed by atoms with van der Waals surface area (Å²) < 4.78 is 18.0. The smallest absolute Gasteiger partial charge is 0.343 e. The number of hydrogen-bond donors (Lipinski definition) is 4. The molecule has 6 aromatic rings. The molecule has 0 aliphatic carbocycles. The SMILES string of the molecule is CCOC(=O)c1cccn(C(C)c2ccc(Cl)cc2)c1=O.COc1ccnc(NCCCCCN)n1.COc1ccnc(NCCCCCNC(=O)c2cccn(C(C)c3ccc(Cl)cc3)c2=O)n1.[CH3][Al]([CH3])[CH3]. The van der Waals surface area contributed by atoms with Crippen molar-refractivity contribution < 1.29 is 23.8 Å². The van der Waals surface area contributed by atoms with Crippen molar-refractivity contribution >= 4 is 61.1 Å². The first kappa shape index (κ1) is 61.0. The van der Waals surface area contributed by atoms with E-state index in [1.807, 2.05) is 38.1 Å². The number of nitrogens with two attached hydrogens (primary N) is 1. The van der Waals surface area contributed by atoms with Crippen molar-refractivity contribution in [2.24, 2.45) is 5.73 Å². The van der Waals surface area contributed by atoms with Gasteiger partial charge in [-0.3, -0.25) is 14.4 Å². The third kappa shape index (κ3) is 22.2. The summed E-state index contributed by atoms with van der Waals surface area (Å²) in [6.45, 7) is 8.58. The Morgan fingerprint density at radius 2 is 1.07 bits per heavy atom. The number of benzene rings is 2. The first-order chi connectivity index (χ1) is 35.1. The molecule has 2 unspecified atom stereocenters. The first-order valence-electron chi connectivity index (χ1n) is 24.4. The summed E-state index contributed by atoms with van der Waals surface area (Å²) in [6, 6.07) is 24.0. The third-order valence-corrected chi connectivity index (χ3v) is 11.0. The van der Waals surface area contributed by atoms with E-state index in [0.717, 1.165) is 62.7 Å². The lowest BCUT2D eigenvalue weighted by Crippen LogP contribution is -2.34. The van der Waals surface area contributed by atoms with Crippen LogP contribution >= 0.6 is 23.2 Å². The Kier molecular flexibility index (Phi) is 28.6. The summed E-state index contributed by atoms with van der Waals surface area (Å²) >= 11 is 11.7. The number of aromatic nitrogens is 6. The molecule has 0 spiro atoms. The molecule has 2 aromatic carbocycles. The number of methoxy groups -OCH3 is 2. The van der Waals surface area contributed by atoms with Crippen molar-refractivity contribution in [3.8, 4) is 11.8 Å². The minimum atomic E-state index is -0.597. The predicted octanol–water partition coefficient (Wildman–Crippen LogP) is 9.61. The summed E-state index contributed by atoms with van der Waals surface area (Å²) in [5.74, 6) is 8.19. The molecule has 0 aliphatic heterocycles. The van der Waals surface area contributed by atoms with Gasteiger partial charge in [-0.15, -0.1) is 17.4 Å². The zero-order valence-electron chi connectivity index (χ0n) is 43.3. The van der Waals surface area contributed by atoms with Gasteiger partial charge in [0.15, 0.2) is 0 Å². The van der Waals surface area contributed by atoms with Crippen LogP contribution in [0.4, 0.5) is 11.9 Å². The lowest BCUT2D eigenvalue weighted by atomic mass is 10.1. The number of anilines is 2. The first-order valence-corrected chi connectivity index (χ1v) is 28.7. The predicted molar refractivity (Wildman–Crippen MR) is 294 cm³/mol. The molecule has 1 amide bonds. The minimum absolute atomic E-state index is 0.0418. The van der Waals surface area contributed by atoms with E-state index < -0.39 is 5.97 Å². The van der Waals surface area contributed by atoms with Crippen molar-refractivity contribution in [2.75, 3.05) is 57.6 Å². The molecule has 0 bridgehead atoms. The van der Waals surface area contributed by atoms with Gasteiger partial charge in [0.05, 0.1) is 32.9 Å². The number of hydrogen-bond acceptors (Lipinski definition) is 14. The highest BCUT2D eigenvalue weighted by molar-refractivity contribution is 6.54. The van der Waals surface area contributed by atoms with Crippen LogP contribution in [0.5, 0.6) is 11.8 Å². The second-order valence-corrected chi connectivity index (χ2v) is 21.4. The highest BCUT2D eigenvalue weighted by atomic mass is 35.5. The van der Waals surface area contributed by atoms with Crippen LogP contribution in [0.25, 0.3) is 0 Å². The van der Waals surface area contributed by atoms with Gasteiger partial charge < -0.3 is 45.0 Å². The molecule has 4 aromatic heterocycles. The molecular formula is C53H71AlCl2N10O7. The zero-order chi connectivity index (χ0) is 53.5. The van der Waals surface area contributed by atoms with E-state index in [4.69, 9.17) is 43.1 Å². The van der Waals surface area contributed by atoms with Gasteiger partial charge in [0.1, 0.15) is 11.1 Å². The van der Waals surface area contributed by atoms with Gasteiger partial charge in [-0.2, -0.15) is 9.97 Å². The summed E-state index contributed by atoms with van der Waals surface area (Å²) in [7, 11) is 3.15. The molecule has 0 radical (unpaired) electrons. The monoisotopic (exact) mass is 1060 g/mol. The van der Waals surface area contributed by atoms with E-state index in [1.165, 1.54) is 10.6 Å². The summed E-state index contributed by atoms with van der Waals surface area (Å²) in [5, 5.41) is 10.4. The Morgan fingerprint density at radius 1 is 0.644 bits per heavy atom. The minimum Gasteiger partial charge on any atom is -0.481 e. The number of nitrogens with zero attached hydrogens (tertiary/aromatic N) is 6. The number of halogens is 2. The second kappa shape index (κ2) is 34.2. The Hall–Kier alpha value is -6.29. The highest BCUT2D eigenvalue weighted by Gasteiger charge is 2.18. The molecule has 6 rings (SSSR count). The zero-order valence-corrected chi connectivity index (χ0v) is 45.9. The van der Waals surface area contributed by atoms with Crippen molar-refractivity contribution in [3.63, 3.8) is 0 Å². The molecule has 5 N–H and O–H groups in total. The number of rotatable bonds is 22. The van der Waals surface area contributed by atoms with Crippen molar-refractivity contribution in [1.82, 2.24) is 34.4 Å². The number of carbonyl (C=O) groups excluding carboxylic acids is 2. The van der Waals surface area contributed by atoms with Crippen LogP contribution in [-0.2, 0) is 4.74 Å². The maximum Gasteiger partial charge on any atom is 0.343 e. The Morgan fingerprint density at radius 3 is 1.51 bits per heavy atom. The van der Waals surface area contributed by atoms with E-state index in [2.05, 4.69) is 53.2 Å². The molecule has 0 saturated heterocycles. The van der Waals surface area contributed by atoms with Crippen molar-refractivity contribution in [1.29, 1.82) is 0 Å². The van der Waals surface area contributed by atoms with Gasteiger partial charge in [0, 0.05) is 66.6 Å². The maximum absolute atomic E-state index is 12.9. The lowest BCUT2D eigenvalue weighted by Gasteiger charge is -2.16. The van der Waals surface area contributed by atoms with Crippen molar-refractivity contribution in [3.05, 3.63) is 163 Å². The average Bonchev–Trinajstić information content (AvgIpc) is 3.39. The number of carbonyl (C=O) groups is 2. The van der Waals surface area contributed by atoms with Gasteiger partial charge in [0.2, 0.25) is 23.7 Å². The Bertz CT molecular complexity index is 2670. The van der Waals surface area contributed by atoms with Crippen LogP contribution in [0, 0.1) is 0 Å². The second-order valence-electron chi connectivity index (χ2n) is 17.0. The molecule has 392 valence electrons. The number of nitrogens with one attached hydrogen (secondary N) is 3. The number of esters is 1. The van der Waals surface area contributed by atoms with Gasteiger partial charge in [-0.05, 0) is 119 Å². The molecule has 4 heterocycles. The quantitative estimate of drug-likeness (QED) is 0.0283. The van der Waals surface area contributed by atoms with Crippen LogP contribution < -0.4 is 42.3 Å². The van der Waals surface area contributed by atoms with E-state index >= 15 is 0 Å². The summed E-state index contributed by atoms with van der Waals surface area (Å²) in [6.07, 6.45) is 12.5. The van der Waals surface area contributed by atoms with E-state index in [9.17, 15) is 19.2 Å². The van der Waals surface area contributed by atoms with E-state index in [0.29, 0.717) is 46.8 Å². The molecule has 17 nitrogen and oxygen atoms in total. The Balaban J connectivity index is 0.000000300. The molecule has 0 aliphatic rings. The molecule has 2 atom stereocenters. The fraction of sp³-hybridized carbons (Fsp3) is 0.396. The maximum atomic E-state index is 12.9. The van der Waals surface area contributed by atoms with Crippen molar-refractivity contribution in [2.45, 2.75) is 88.7 Å². The summed E-state index contributed by atoms with van der Waals surface area (Å²) in [5.41, 5.74) is 6.76. The number of pyridine rings is 2. The largest absolute Gasteiger partial charge is 0.481 e. The number of unbranched alkanes of at least 4 members (excludes halogenated alkanes) is 4. The highest BCUT2D eigenvalue weighted by Crippen LogP contribution is 2.20. The fourth-order valence-electron chi connectivity index (χ4n) is 6.62. The summed E-state index contributed by atoms with van der Waals surface area (Å²) in [4.78, 5) is 66.2. The standard InChI is InChI=1S/C24H28ClN5O3.C16H16ClNO3.C10H18N4O.3CH3.Al/c1-17(18-8-10-19(25)11-9-18)30-16-6-7-20(23(30)32)22(31)26-13-4-3-5-14-27-24-28-15-12-21(29-24)33-2;1-3-21-16(20)14-5-4-10-18(15(14)19)11(2)12-6-8-13(17)9-7-12;1-15-9-5-8-13-10(14-9)12-7-4-2-3-6-11;;;;/h6-12,15-17H,3-5,13-14H2,1-2H3,(H,26,31)(H,27,28,29);4-11H,3H2,1-2H3;5,8H,2-4,6-7,11H2,1H3,(H,12,13,14);3*1H3;. The van der Waals surface area contributed by atoms with Gasteiger partial charge in [-0.25, -0.2) is 14.8 Å². The van der Waals surface area contributed by atoms with Crippen LogP contribution in [0.15, 0.2) is 119 Å². The molecule has 20 heteroatoms. The molecule has 73 heavy (non-hydrogen) atoms. The number of ether oxygens (including phenoxy) is 3. The lowest BCUT2D eigenvalue weighted by molar-refractivity contribution is 0.0523. The van der Waals surface area contributed by atoms with Gasteiger partial charge >= 0.3 is 5.97 Å². The topological polar surface area (TPSA) is 220 Å². The van der Waals surface area contributed by atoms with Crippen LogP contribution in [0.2, 0.25) is 27.4 Å². The van der Waals surface area contributed by atoms with Crippen LogP contribution in [0.3, 0.4) is 0 Å². The fourth-order valence-corrected chi connectivity index (χ4v) is 6.88. The Labute approximate surface area is 443 Å². The van der Waals surface area contributed by atoms with Gasteiger partial charge in [0.25, 0.3) is 31.2 Å². The third-order valence-electron chi connectivity index (χ3n) is 10.5.